The number of anilines is 2. The van der Waals surface area contributed by atoms with Gasteiger partial charge in [0.2, 0.25) is 0 Å². The topological polar surface area (TPSA) is 100 Å². The molecule has 0 aliphatic rings. The predicted molar refractivity (Wildman–Crippen MR) is 91.5 cm³/mol. The van der Waals surface area contributed by atoms with Gasteiger partial charge >= 0.3 is 0 Å². The van der Waals surface area contributed by atoms with Crippen LogP contribution < -0.4 is 16.4 Å². The van der Waals surface area contributed by atoms with Crippen molar-refractivity contribution in [2.24, 2.45) is 0 Å². The lowest BCUT2D eigenvalue weighted by molar-refractivity contribution is -0.117. The molecule has 6 heteroatoms. The molecule has 0 fully saturated rings. The molecule has 6 nitrogen and oxygen atoms in total. The van der Waals surface area contributed by atoms with Crippen LogP contribution in [0.3, 0.4) is 0 Å². The van der Waals surface area contributed by atoms with Crippen molar-refractivity contribution in [3.63, 3.8) is 0 Å². The third-order valence-electron chi connectivity index (χ3n) is 3.05. The second-order valence-corrected chi connectivity index (χ2v) is 5.01. The molecule has 0 heterocycles. The first-order chi connectivity index (χ1) is 11.2. The average Bonchev–Trinajstić information content (AvgIpc) is 2.56. The Morgan fingerprint density at radius 1 is 1.30 bits per heavy atom. The van der Waals surface area contributed by atoms with E-state index in [2.05, 4.69) is 17.6 Å². The van der Waals surface area contributed by atoms with Crippen molar-refractivity contribution in [1.29, 1.82) is 5.26 Å². The number of benzene rings is 1. The maximum Gasteiger partial charge on any atom is 0.263 e. The first-order valence-electron chi connectivity index (χ1n) is 7.75. The Labute approximate surface area is 137 Å². The number of amides is 1. The fraction of sp³-hybridized carbons (Fsp3) is 0.412. The minimum atomic E-state index is -0.399. The number of nitrogens with one attached hydrogen (secondary N) is 2. The van der Waals surface area contributed by atoms with Gasteiger partial charge in [0.15, 0.2) is 0 Å². The number of unbranched alkanes of at least 4 members (excludes halogenated alkanes) is 1. The smallest absolute Gasteiger partial charge is 0.263 e. The molecule has 1 amide bonds. The van der Waals surface area contributed by atoms with E-state index in [-0.39, 0.29) is 5.57 Å². The van der Waals surface area contributed by atoms with Gasteiger partial charge in [-0.1, -0.05) is 13.3 Å². The largest absolute Gasteiger partial charge is 0.399 e. The average molecular weight is 316 g/mol. The minimum Gasteiger partial charge on any atom is -0.399 e. The van der Waals surface area contributed by atoms with E-state index in [0.29, 0.717) is 18.8 Å². The SMILES string of the molecule is CCCCOCCCNC(=O)/C(C#N)=C\Nc1ccc(N)cc1. The Morgan fingerprint density at radius 2 is 2.00 bits per heavy atom. The van der Waals surface area contributed by atoms with Crippen LogP contribution in [0.2, 0.25) is 0 Å². The number of rotatable bonds is 10. The lowest BCUT2D eigenvalue weighted by Gasteiger charge is -2.06. The summed E-state index contributed by atoms with van der Waals surface area (Å²) in [4.78, 5) is 11.9. The Balaban J connectivity index is 2.32. The molecule has 4 N–H and O–H groups in total. The lowest BCUT2D eigenvalue weighted by atomic mass is 10.2. The zero-order chi connectivity index (χ0) is 16.9. The minimum absolute atomic E-state index is 0.0220. The van der Waals surface area contributed by atoms with Gasteiger partial charge in [-0.05, 0) is 37.1 Å². The number of hydrogen-bond donors (Lipinski definition) is 3. The maximum atomic E-state index is 11.9. The highest BCUT2D eigenvalue weighted by Crippen LogP contribution is 2.10. The summed E-state index contributed by atoms with van der Waals surface area (Å²) in [5.74, 6) is -0.399. The Bertz CT molecular complexity index is 547. The van der Waals surface area contributed by atoms with Crippen molar-refractivity contribution in [2.45, 2.75) is 26.2 Å². The van der Waals surface area contributed by atoms with Gasteiger partial charge in [0.05, 0.1) is 0 Å². The highest BCUT2D eigenvalue weighted by molar-refractivity contribution is 5.97. The molecule has 0 unspecified atom stereocenters. The number of nitrogens with zero attached hydrogens (tertiary/aromatic N) is 1. The van der Waals surface area contributed by atoms with Crippen LogP contribution in [-0.4, -0.2) is 25.7 Å². The van der Waals surface area contributed by atoms with Gasteiger partial charge in [0, 0.05) is 37.3 Å². The molecule has 1 aromatic carbocycles. The molecule has 1 aromatic rings. The van der Waals surface area contributed by atoms with Gasteiger partial charge in [0.25, 0.3) is 5.91 Å². The number of nitriles is 1. The third-order valence-corrected chi connectivity index (χ3v) is 3.05. The van der Waals surface area contributed by atoms with Gasteiger partial charge in [-0.2, -0.15) is 5.26 Å². The summed E-state index contributed by atoms with van der Waals surface area (Å²) in [5.41, 5.74) is 7.02. The van der Waals surface area contributed by atoms with Gasteiger partial charge in [-0.3, -0.25) is 4.79 Å². The number of carbonyl (C=O) groups excluding carboxylic acids is 1. The van der Waals surface area contributed by atoms with Crippen LogP contribution >= 0.6 is 0 Å². The van der Waals surface area contributed by atoms with E-state index >= 15 is 0 Å². The molecule has 0 saturated carbocycles. The van der Waals surface area contributed by atoms with Gasteiger partial charge in [-0.25, -0.2) is 0 Å². The van der Waals surface area contributed by atoms with Crippen LogP contribution in [0, 0.1) is 11.3 Å². The quantitative estimate of drug-likeness (QED) is 0.266. The lowest BCUT2D eigenvalue weighted by Crippen LogP contribution is -2.26. The molecule has 1 rings (SSSR count). The van der Waals surface area contributed by atoms with Crippen molar-refractivity contribution in [3.8, 4) is 6.07 Å². The van der Waals surface area contributed by atoms with Crippen LogP contribution in [-0.2, 0) is 9.53 Å². The molecule has 0 bridgehead atoms. The molecule has 0 atom stereocenters. The number of hydrogen-bond acceptors (Lipinski definition) is 5. The zero-order valence-electron chi connectivity index (χ0n) is 13.5. The number of carbonyl (C=O) groups is 1. The summed E-state index contributed by atoms with van der Waals surface area (Å²) in [6.07, 6.45) is 4.26. The Hall–Kier alpha value is -2.52. The normalized spacial score (nSPS) is 10.9. The first kappa shape index (κ1) is 18.5. The molecule has 0 aromatic heterocycles. The number of ether oxygens (including phenoxy) is 1. The molecular formula is C17H24N4O2. The standard InChI is InChI=1S/C17H24N4O2/c1-2-3-10-23-11-4-9-20-17(22)14(12-18)13-21-16-7-5-15(19)6-8-16/h5-8,13,21H,2-4,9-11,19H2,1H3,(H,20,22)/b14-13-. The second-order valence-electron chi connectivity index (χ2n) is 5.01. The molecule has 23 heavy (non-hydrogen) atoms. The van der Waals surface area contributed by atoms with E-state index in [4.69, 9.17) is 15.7 Å². The summed E-state index contributed by atoms with van der Waals surface area (Å²) < 4.78 is 5.40. The highest BCUT2D eigenvalue weighted by atomic mass is 16.5. The molecule has 0 aliphatic carbocycles. The third kappa shape index (κ3) is 7.88. The van der Waals surface area contributed by atoms with E-state index < -0.39 is 5.91 Å². The van der Waals surface area contributed by atoms with Crippen LogP contribution in [0.15, 0.2) is 36.0 Å². The molecule has 124 valence electrons. The van der Waals surface area contributed by atoms with Crippen LogP contribution in [0.5, 0.6) is 0 Å². The van der Waals surface area contributed by atoms with Crippen molar-refractivity contribution in [1.82, 2.24) is 5.32 Å². The van der Waals surface area contributed by atoms with Crippen molar-refractivity contribution in [3.05, 3.63) is 36.0 Å². The van der Waals surface area contributed by atoms with Crippen LogP contribution in [0.25, 0.3) is 0 Å². The van der Waals surface area contributed by atoms with Crippen LogP contribution in [0.1, 0.15) is 26.2 Å². The van der Waals surface area contributed by atoms with Crippen molar-refractivity contribution < 1.29 is 9.53 Å². The highest BCUT2D eigenvalue weighted by Gasteiger charge is 2.07. The fourth-order valence-corrected chi connectivity index (χ4v) is 1.70. The van der Waals surface area contributed by atoms with E-state index in [0.717, 1.165) is 31.6 Å². The fourth-order valence-electron chi connectivity index (χ4n) is 1.70. The molecular weight excluding hydrogens is 292 g/mol. The Morgan fingerprint density at radius 3 is 2.65 bits per heavy atom. The van der Waals surface area contributed by atoms with E-state index in [1.54, 1.807) is 24.3 Å². The van der Waals surface area contributed by atoms with E-state index in [1.807, 2.05) is 6.07 Å². The Kier molecular flexibility index (Phi) is 8.94. The molecule has 0 saturated heterocycles. The number of nitrogen functional groups attached to an aromatic ring is 1. The van der Waals surface area contributed by atoms with E-state index in [1.165, 1.54) is 6.20 Å². The molecule has 0 spiro atoms. The van der Waals surface area contributed by atoms with Gasteiger partial charge in [0.1, 0.15) is 11.6 Å². The zero-order valence-corrected chi connectivity index (χ0v) is 13.5. The first-order valence-corrected chi connectivity index (χ1v) is 7.75. The molecule has 0 aliphatic heterocycles. The summed E-state index contributed by atoms with van der Waals surface area (Å²) in [5, 5.41) is 14.7. The summed E-state index contributed by atoms with van der Waals surface area (Å²) in [6, 6.07) is 8.90. The van der Waals surface area contributed by atoms with Crippen molar-refractivity contribution >= 4 is 17.3 Å². The van der Waals surface area contributed by atoms with Crippen LogP contribution in [0.4, 0.5) is 11.4 Å². The van der Waals surface area contributed by atoms with Gasteiger partial charge in [-0.15, -0.1) is 0 Å². The summed E-state index contributed by atoms with van der Waals surface area (Å²) in [7, 11) is 0. The maximum absolute atomic E-state index is 11.9. The monoisotopic (exact) mass is 316 g/mol. The second kappa shape index (κ2) is 11.1. The summed E-state index contributed by atoms with van der Waals surface area (Å²) in [6.45, 7) is 3.94. The van der Waals surface area contributed by atoms with Gasteiger partial charge < -0.3 is 21.1 Å². The number of nitrogens with two attached hydrogens (primary N) is 1. The summed E-state index contributed by atoms with van der Waals surface area (Å²) >= 11 is 0. The molecule has 0 radical (unpaired) electrons. The predicted octanol–water partition coefficient (Wildman–Crippen LogP) is 2.41. The van der Waals surface area contributed by atoms with E-state index in [9.17, 15) is 4.79 Å². The van der Waals surface area contributed by atoms with Crippen molar-refractivity contribution in [2.75, 3.05) is 30.8 Å².